The molecule has 31 heavy (non-hydrogen) atoms. The second-order valence-electron chi connectivity index (χ2n) is 10.8. The summed E-state index contributed by atoms with van der Waals surface area (Å²) in [6.07, 6.45) is 2.70. The van der Waals surface area contributed by atoms with E-state index in [-0.39, 0.29) is 20.4 Å². The van der Waals surface area contributed by atoms with E-state index in [1.165, 1.54) is 12.8 Å². The van der Waals surface area contributed by atoms with E-state index in [0.29, 0.717) is 11.8 Å². The van der Waals surface area contributed by atoms with Crippen LogP contribution in [0.4, 0.5) is 0 Å². The zero-order valence-electron chi connectivity index (χ0n) is 20.7. The first-order chi connectivity index (χ1) is 14.2. The van der Waals surface area contributed by atoms with Gasteiger partial charge in [-0.2, -0.15) is 0 Å². The van der Waals surface area contributed by atoms with Crippen LogP contribution in [0.5, 0.6) is 0 Å². The normalized spacial score (nSPS) is 19.5. The summed E-state index contributed by atoms with van der Waals surface area (Å²) < 4.78 is 0. The van der Waals surface area contributed by atoms with Gasteiger partial charge >= 0.3 is 0 Å². The van der Waals surface area contributed by atoms with Gasteiger partial charge in [0.05, 0.1) is 33.2 Å². The van der Waals surface area contributed by atoms with Crippen molar-refractivity contribution in [1.82, 2.24) is 0 Å². The molecule has 3 heteroatoms. The molecule has 0 spiro atoms. The second kappa shape index (κ2) is 10.1. The summed E-state index contributed by atoms with van der Waals surface area (Å²) in [6, 6.07) is 14.8. The molecule has 0 radical (unpaired) electrons. The van der Waals surface area contributed by atoms with Gasteiger partial charge in [0, 0.05) is 59.2 Å². The quantitative estimate of drug-likeness (QED) is 0.262. The molecule has 0 nitrogen and oxygen atoms in total. The monoisotopic (exact) mass is 546 g/mol. The zero-order valence-corrected chi connectivity index (χ0v) is 24.2. The fourth-order valence-corrected chi connectivity index (χ4v) is 13.9. The predicted molar refractivity (Wildman–Crippen MR) is 142 cm³/mol. The molecule has 0 atom stereocenters. The van der Waals surface area contributed by atoms with Crippen molar-refractivity contribution < 1.29 is 20.4 Å². The van der Waals surface area contributed by atoms with Gasteiger partial charge in [-0.25, -0.2) is 0 Å². The minimum Gasteiger partial charge on any atom is -0.0580 e. The van der Waals surface area contributed by atoms with E-state index in [1.54, 1.807) is 32.9 Å². The van der Waals surface area contributed by atoms with Gasteiger partial charge in [0.25, 0.3) is 0 Å². The van der Waals surface area contributed by atoms with Gasteiger partial charge in [-0.05, 0) is 91.5 Å². The van der Waals surface area contributed by atoms with Gasteiger partial charge in [-0.15, -0.1) is 0 Å². The van der Waals surface area contributed by atoms with E-state index < -0.39 is 15.8 Å². The molecule has 0 saturated heterocycles. The average Bonchev–Trinajstić information content (AvgIpc) is 2.67. The van der Waals surface area contributed by atoms with Gasteiger partial charge in [-0.3, -0.25) is 0 Å². The maximum absolute atomic E-state index is 2.52. The Balaban J connectivity index is 0.00000272. The Morgan fingerprint density at radius 2 is 0.935 bits per heavy atom. The first-order valence-electron chi connectivity index (χ1n) is 12.2. The molecule has 0 fully saturated rings. The third kappa shape index (κ3) is 4.40. The van der Waals surface area contributed by atoms with E-state index in [2.05, 4.69) is 91.8 Å². The van der Waals surface area contributed by atoms with Crippen molar-refractivity contribution in [3.63, 3.8) is 0 Å². The van der Waals surface area contributed by atoms with E-state index in [4.69, 9.17) is 0 Å². The Labute approximate surface area is 207 Å². The Bertz CT molecular complexity index is 828. The molecular weight excluding hydrogens is 505 g/mol. The molecule has 2 aromatic rings. The van der Waals surface area contributed by atoms with Gasteiger partial charge in [0.2, 0.25) is 0 Å². The van der Waals surface area contributed by atoms with Crippen LogP contribution in [-0.2, 0) is 20.4 Å². The van der Waals surface area contributed by atoms with Crippen LogP contribution in [0, 0.1) is 0 Å². The van der Waals surface area contributed by atoms with Crippen molar-refractivity contribution >= 4 is 26.5 Å². The first kappa shape index (κ1) is 25.6. The van der Waals surface area contributed by atoms with Gasteiger partial charge in [0.1, 0.15) is 0 Å². The number of hydrogen-bond donors (Lipinski definition) is 0. The summed E-state index contributed by atoms with van der Waals surface area (Å²) >= 11 is 0. The molecule has 0 saturated carbocycles. The van der Waals surface area contributed by atoms with Crippen LogP contribution in [0.3, 0.4) is 0 Å². The number of rotatable bonds is 6. The maximum Gasteiger partial charge on any atom is 0.0960 e. The van der Waals surface area contributed by atoms with Crippen molar-refractivity contribution in [3.05, 3.63) is 58.7 Å². The third-order valence-corrected chi connectivity index (χ3v) is 14.7. The van der Waals surface area contributed by atoms with Crippen LogP contribution in [0.1, 0.15) is 102 Å². The van der Waals surface area contributed by atoms with Crippen LogP contribution < -0.4 is 10.6 Å². The third-order valence-electron chi connectivity index (χ3n) is 7.58. The van der Waals surface area contributed by atoms with Gasteiger partial charge in [-0.1, -0.05) is 24.3 Å². The number of fused-ring (bicyclic) bond motifs is 1. The van der Waals surface area contributed by atoms with Crippen molar-refractivity contribution in [2.24, 2.45) is 0 Å². The fourth-order valence-electron chi connectivity index (χ4n) is 6.88. The molecule has 0 unspecified atom stereocenters. The standard InChI is InChI=1S/C28H40P2.Pd/c1-17(2)29(18(3)4)25-13-9-11-22-21-15-16-24(27(22)25)28-23(21)12-10-14-26(28)30(19(5)6)20(7)8;/h9-14,17-21,24H,15-16H2,1-8H3;/p+2. The van der Waals surface area contributed by atoms with Crippen molar-refractivity contribution in [3.8, 4) is 0 Å². The second-order valence-corrected chi connectivity index (χ2v) is 18.3. The van der Waals surface area contributed by atoms with Gasteiger partial charge in [0.15, 0.2) is 0 Å². The van der Waals surface area contributed by atoms with E-state index in [1.807, 2.05) is 0 Å². The number of hydrogen-bond acceptors (Lipinski definition) is 0. The smallest absolute Gasteiger partial charge is 0.0580 e. The number of benzene rings is 2. The van der Waals surface area contributed by atoms with Crippen LogP contribution in [0.2, 0.25) is 0 Å². The molecular formula is C28H42P2Pd+2. The summed E-state index contributed by atoms with van der Waals surface area (Å²) in [5.41, 5.74) is 10.0. The summed E-state index contributed by atoms with van der Waals surface area (Å²) in [6.45, 7) is 19.7. The van der Waals surface area contributed by atoms with E-state index >= 15 is 0 Å². The molecule has 172 valence electrons. The van der Waals surface area contributed by atoms with Gasteiger partial charge < -0.3 is 0 Å². The fraction of sp³-hybridized carbons (Fsp3) is 0.571. The molecule has 3 aliphatic rings. The minimum atomic E-state index is -0.576. The Hall–Kier alpha value is -0.0377. The Morgan fingerprint density at radius 3 is 1.29 bits per heavy atom. The molecule has 0 aromatic heterocycles. The molecule has 0 heterocycles. The summed E-state index contributed by atoms with van der Waals surface area (Å²) in [5.74, 6) is 1.27. The van der Waals surface area contributed by atoms with Crippen LogP contribution in [-0.4, -0.2) is 22.6 Å². The maximum atomic E-state index is 2.52. The van der Waals surface area contributed by atoms with E-state index in [9.17, 15) is 0 Å². The molecule has 5 rings (SSSR count). The zero-order chi connectivity index (χ0) is 21.7. The largest absolute Gasteiger partial charge is 0.0960 e. The van der Waals surface area contributed by atoms with Crippen LogP contribution in [0.25, 0.3) is 0 Å². The SMILES string of the molecule is CC(C)[PH+](c1cccc2c1C1CCC2c2cccc([PH+](C(C)C)C(C)C)c21)C(C)C.[Pd]. The van der Waals surface area contributed by atoms with Crippen LogP contribution in [0.15, 0.2) is 36.4 Å². The van der Waals surface area contributed by atoms with Crippen molar-refractivity contribution in [2.45, 2.75) is 103 Å². The minimum absolute atomic E-state index is 0. The molecule has 0 N–H and O–H groups in total. The predicted octanol–water partition coefficient (Wildman–Crippen LogP) is 7.37. The van der Waals surface area contributed by atoms with Crippen molar-refractivity contribution in [1.29, 1.82) is 0 Å². The molecule has 3 aliphatic carbocycles. The Morgan fingerprint density at radius 1 is 0.581 bits per heavy atom. The topological polar surface area (TPSA) is 0 Å². The molecule has 0 amide bonds. The summed E-state index contributed by atoms with van der Waals surface area (Å²) in [4.78, 5) is 0. The average molecular weight is 547 g/mol. The van der Waals surface area contributed by atoms with Crippen molar-refractivity contribution in [2.75, 3.05) is 0 Å². The Kier molecular flexibility index (Phi) is 8.31. The first-order valence-corrected chi connectivity index (χ1v) is 15.5. The van der Waals surface area contributed by atoms with E-state index in [0.717, 1.165) is 22.6 Å². The molecule has 0 aliphatic heterocycles. The van der Waals surface area contributed by atoms with Crippen LogP contribution >= 0.6 is 15.8 Å². The molecule has 2 bridgehead atoms. The summed E-state index contributed by atoms with van der Waals surface area (Å²) in [7, 11) is -1.15. The summed E-state index contributed by atoms with van der Waals surface area (Å²) in [5, 5.41) is 3.53. The molecule has 2 aromatic carbocycles.